The molecule has 0 bridgehead atoms. The summed E-state index contributed by atoms with van der Waals surface area (Å²) in [5.74, 6) is -0.686. The highest BCUT2D eigenvalue weighted by atomic mass is 16.5. The van der Waals surface area contributed by atoms with Crippen molar-refractivity contribution in [3.8, 4) is 5.75 Å². The second-order valence-electron chi connectivity index (χ2n) is 4.94. The fourth-order valence-electron chi connectivity index (χ4n) is 2.59. The number of benzene rings is 1. The summed E-state index contributed by atoms with van der Waals surface area (Å²) >= 11 is 0. The summed E-state index contributed by atoms with van der Waals surface area (Å²) in [6, 6.07) is 5.07. The van der Waals surface area contributed by atoms with E-state index in [4.69, 9.17) is 15.6 Å². The van der Waals surface area contributed by atoms with E-state index in [-0.39, 0.29) is 24.5 Å². The molecule has 1 heterocycles. The number of ether oxygens (including phenoxy) is 1. The molecule has 1 aliphatic heterocycles. The monoisotopic (exact) mass is 262 g/mol. The Morgan fingerprint density at radius 2 is 2.16 bits per heavy atom. The van der Waals surface area contributed by atoms with Gasteiger partial charge in [-0.1, -0.05) is 0 Å². The van der Waals surface area contributed by atoms with Crippen molar-refractivity contribution in [1.82, 2.24) is 0 Å². The van der Waals surface area contributed by atoms with Gasteiger partial charge in [-0.15, -0.1) is 0 Å². The maximum Gasteiger partial charge on any atom is 0.306 e. The Balaban J connectivity index is 1.88. The third kappa shape index (κ3) is 1.89. The Labute approximate surface area is 109 Å². The van der Waals surface area contributed by atoms with Crippen LogP contribution in [0.25, 0.3) is 0 Å². The smallest absolute Gasteiger partial charge is 0.306 e. The summed E-state index contributed by atoms with van der Waals surface area (Å²) in [4.78, 5) is 24.5. The van der Waals surface area contributed by atoms with Crippen molar-refractivity contribution in [3.05, 3.63) is 18.2 Å². The fraction of sp³-hybridized carbons (Fsp3) is 0.385. The highest BCUT2D eigenvalue weighted by Crippen LogP contribution is 2.41. The van der Waals surface area contributed by atoms with E-state index in [0.29, 0.717) is 30.0 Å². The number of carboxylic acid groups (broad SMARTS) is 1. The summed E-state index contributed by atoms with van der Waals surface area (Å²) < 4.78 is 5.35. The molecule has 1 saturated carbocycles. The lowest BCUT2D eigenvalue weighted by atomic mass is 9.79. The quantitative estimate of drug-likeness (QED) is 0.771. The molecule has 3 rings (SSSR count). The van der Waals surface area contributed by atoms with Crippen molar-refractivity contribution in [2.24, 2.45) is 5.92 Å². The standard InChI is InChI=1S/C13H14N2O4/c14-8-1-2-11-10(5-8)15(12(16)6-19-11)9-3-7(4-9)13(17)18/h1-2,5,7,9H,3-4,6,14H2,(H,17,18). The second kappa shape index (κ2) is 4.15. The third-order valence-corrected chi connectivity index (χ3v) is 3.69. The Bertz CT molecular complexity index is 552. The average Bonchev–Trinajstić information content (AvgIpc) is 2.29. The van der Waals surface area contributed by atoms with Gasteiger partial charge in [0.05, 0.1) is 11.6 Å². The minimum atomic E-state index is -0.801. The molecule has 0 unspecified atom stereocenters. The fourth-order valence-corrected chi connectivity index (χ4v) is 2.59. The minimum Gasteiger partial charge on any atom is -0.482 e. The van der Waals surface area contributed by atoms with Crippen LogP contribution in [0.1, 0.15) is 12.8 Å². The predicted molar refractivity (Wildman–Crippen MR) is 68.0 cm³/mol. The zero-order chi connectivity index (χ0) is 13.6. The van der Waals surface area contributed by atoms with E-state index in [2.05, 4.69) is 0 Å². The molecular formula is C13H14N2O4. The molecule has 0 radical (unpaired) electrons. The summed E-state index contributed by atoms with van der Waals surface area (Å²) in [6.07, 6.45) is 0.963. The first-order chi connectivity index (χ1) is 9.06. The van der Waals surface area contributed by atoms with Gasteiger partial charge in [0.2, 0.25) is 0 Å². The Kier molecular flexibility index (Phi) is 2.58. The normalized spacial score (nSPS) is 25.3. The highest BCUT2D eigenvalue weighted by Gasteiger charge is 2.42. The number of hydrogen-bond acceptors (Lipinski definition) is 4. The number of anilines is 2. The van der Waals surface area contributed by atoms with Gasteiger partial charge >= 0.3 is 5.97 Å². The number of hydrogen-bond donors (Lipinski definition) is 2. The summed E-state index contributed by atoms with van der Waals surface area (Å²) in [5, 5.41) is 8.91. The largest absolute Gasteiger partial charge is 0.482 e. The van der Waals surface area contributed by atoms with Gasteiger partial charge in [0, 0.05) is 11.7 Å². The molecule has 0 atom stereocenters. The number of fused-ring (bicyclic) bond motifs is 1. The zero-order valence-electron chi connectivity index (χ0n) is 10.2. The zero-order valence-corrected chi connectivity index (χ0v) is 10.2. The molecule has 0 spiro atoms. The minimum absolute atomic E-state index is 0.00877. The first-order valence-corrected chi connectivity index (χ1v) is 6.13. The molecule has 1 amide bonds. The van der Waals surface area contributed by atoms with E-state index in [1.165, 1.54) is 0 Å². The van der Waals surface area contributed by atoms with Gasteiger partial charge < -0.3 is 20.5 Å². The van der Waals surface area contributed by atoms with Gasteiger partial charge in [-0.2, -0.15) is 0 Å². The van der Waals surface area contributed by atoms with Gasteiger partial charge in [0.25, 0.3) is 5.91 Å². The van der Waals surface area contributed by atoms with Crippen LogP contribution in [-0.4, -0.2) is 29.6 Å². The predicted octanol–water partition coefficient (Wildman–Crippen LogP) is 0.857. The molecule has 1 aromatic carbocycles. The third-order valence-electron chi connectivity index (χ3n) is 3.69. The van der Waals surface area contributed by atoms with Crippen molar-refractivity contribution in [3.63, 3.8) is 0 Å². The van der Waals surface area contributed by atoms with Crippen molar-refractivity contribution < 1.29 is 19.4 Å². The van der Waals surface area contributed by atoms with Crippen LogP contribution < -0.4 is 15.4 Å². The van der Waals surface area contributed by atoms with Crippen molar-refractivity contribution in [2.75, 3.05) is 17.2 Å². The number of carbonyl (C=O) groups excluding carboxylic acids is 1. The molecule has 3 N–H and O–H groups in total. The Morgan fingerprint density at radius 3 is 2.84 bits per heavy atom. The maximum absolute atomic E-state index is 12.0. The number of rotatable bonds is 2. The van der Waals surface area contributed by atoms with Gasteiger partial charge in [-0.3, -0.25) is 9.59 Å². The number of nitrogens with two attached hydrogens (primary N) is 1. The molecule has 1 aromatic rings. The lowest BCUT2D eigenvalue weighted by Gasteiger charge is -2.43. The molecule has 1 fully saturated rings. The van der Waals surface area contributed by atoms with E-state index < -0.39 is 5.97 Å². The summed E-state index contributed by atoms with van der Waals surface area (Å²) in [7, 11) is 0. The highest BCUT2D eigenvalue weighted by molar-refractivity contribution is 5.99. The van der Waals surface area contributed by atoms with Crippen LogP contribution in [0.5, 0.6) is 5.75 Å². The van der Waals surface area contributed by atoms with Gasteiger partial charge in [0.15, 0.2) is 6.61 Å². The number of nitrogen functional groups attached to an aromatic ring is 1. The lowest BCUT2D eigenvalue weighted by molar-refractivity contribution is -0.145. The molecular weight excluding hydrogens is 248 g/mol. The number of amides is 1. The van der Waals surface area contributed by atoms with Crippen LogP contribution in [0.2, 0.25) is 0 Å². The lowest BCUT2D eigenvalue weighted by Crippen LogP contribution is -2.52. The number of aliphatic carboxylic acids is 1. The van der Waals surface area contributed by atoms with Crippen LogP contribution in [0.3, 0.4) is 0 Å². The molecule has 0 saturated heterocycles. The SMILES string of the molecule is Nc1ccc2c(c1)N(C1CC(C(=O)O)C1)C(=O)CO2. The second-order valence-corrected chi connectivity index (χ2v) is 4.94. The Morgan fingerprint density at radius 1 is 1.42 bits per heavy atom. The van der Waals surface area contributed by atoms with E-state index in [9.17, 15) is 9.59 Å². The van der Waals surface area contributed by atoms with Crippen molar-refractivity contribution in [1.29, 1.82) is 0 Å². The van der Waals surface area contributed by atoms with Gasteiger partial charge in [0.1, 0.15) is 5.75 Å². The van der Waals surface area contributed by atoms with Crippen LogP contribution in [-0.2, 0) is 9.59 Å². The number of carboxylic acids is 1. The molecule has 2 aliphatic rings. The van der Waals surface area contributed by atoms with Gasteiger partial charge in [-0.05, 0) is 31.0 Å². The summed E-state index contributed by atoms with van der Waals surface area (Å²) in [5.41, 5.74) is 6.93. The molecule has 6 heteroatoms. The van der Waals surface area contributed by atoms with Crippen LogP contribution in [0.4, 0.5) is 11.4 Å². The molecule has 0 aromatic heterocycles. The number of nitrogens with zero attached hydrogens (tertiary/aromatic N) is 1. The first kappa shape index (κ1) is 11.8. The molecule has 1 aliphatic carbocycles. The Hall–Kier alpha value is -2.24. The molecule has 100 valence electrons. The number of carbonyl (C=O) groups is 2. The van der Waals surface area contributed by atoms with E-state index in [1.54, 1.807) is 23.1 Å². The first-order valence-electron chi connectivity index (χ1n) is 6.13. The maximum atomic E-state index is 12.0. The molecule has 19 heavy (non-hydrogen) atoms. The van der Waals surface area contributed by atoms with E-state index >= 15 is 0 Å². The van der Waals surface area contributed by atoms with Crippen LogP contribution >= 0.6 is 0 Å². The topological polar surface area (TPSA) is 92.9 Å². The van der Waals surface area contributed by atoms with Crippen molar-refractivity contribution >= 4 is 23.3 Å². The van der Waals surface area contributed by atoms with E-state index in [0.717, 1.165) is 0 Å². The summed E-state index contributed by atoms with van der Waals surface area (Å²) in [6.45, 7) is -0.00877. The van der Waals surface area contributed by atoms with Crippen LogP contribution in [0.15, 0.2) is 18.2 Å². The molecule has 6 nitrogen and oxygen atoms in total. The van der Waals surface area contributed by atoms with Crippen molar-refractivity contribution in [2.45, 2.75) is 18.9 Å². The van der Waals surface area contributed by atoms with Crippen LogP contribution in [0, 0.1) is 5.92 Å². The van der Waals surface area contributed by atoms with E-state index in [1.807, 2.05) is 0 Å². The van der Waals surface area contributed by atoms with Gasteiger partial charge in [-0.25, -0.2) is 0 Å². The average molecular weight is 262 g/mol.